The van der Waals surface area contributed by atoms with Crippen LogP contribution in [0.1, 0.15) is 18.5 Å². The van der Waals surface area contributed by atoms with Gasteiger partial charge in [-0.15, -0.1) is 0 Å². The standard InChI is InChI=1S/C21H23F2N5O4/c1-11-19(28-15(17(22)23)10-32-21(28)30)25-20-13-5-4-12(9-16(13)31-8-7-26(11)20)27-6-2-3-14(27)18(24)29/h4-5,9,14-15,17H,2-3,6-8,10H2,1H3,(H2,24,29)/t14-,15?/m0/s1. The number of benzene rings is 1. The molecule has 3 aliphatic heterocycles. The molecule has 170 valence electrons. The molecule has 2 aromatic rings. The molecule has 2 saturated heterocycles. The number of cyclic esters (lactones) is 1. The van der Waals surface area contributed by atoms with Gasteiger partial charge in [-0.2, -0.15) is 0 Å². The monoisotopic (exact) mass is 447 g/mol. The zero-order valence-corrected chi connectivity index (χ0v) is 17.5. The van der Waals surface area contributed by atoms with E-state index in [0.717, 1.165) is 23.6 Å². The highest BCUT2D eigenvalue weighted by molar-refractivity contribution is 5.91. The van der Waals surface area contributed by atoms with E-state index in [1.807, 2.05) is 27.7 Å². The molecular formula is C21H23F2N5O4. The summed E-state index contributed by atoms with van der Waals surface area (Å²) in [4.78, 5) is 31.5. The maximum Gasteiger partial charge on any atom is 0.416 e. The number of primary amides is 1. The number of ether oxygens (including phenoxy) is 2. The third kappa shape index (κ3) is 3.14. The van der Waals surface area contributed by atoms with Crippen LogP contribution in [0.5, 0.6) is 5.75 Å². The number of amides is 2. The van der Waals surface area contributed by atoms with Crippen molar-refractivity contribution in [3.8, 4) is 17.1 Å². The Balaban J connectivity index is 1.55. The third-order valence-electron chi connectivity index (χ3n) is 6.31. The van der Waals surface area contributed by atoms with E-state index in [1.54, 1.807) is 6.92 Å². The number of fused-ring (bicyclic) bond motifs is 3. The first kappa shape index (κ1) is 20.5. The summed E-state index contributed by atoms with van der Waals surface area (Å²) in [5, 5.41) is 0. The molecule has 1 unspecified atom stereocenters. The number of hydrogen-bond donors (Lipinski definition) is 1. The lowest BCUT2D eigenvalue weighted by atomic mass is 10.1. The van der Waals surface area contributed by atoms with Gasteiger partial charge < -0.3 is 24.7 Å². The van der Waals surface area contributed by atoms with E-state index in [-0.39, 0.29) is 24.4 Å². The fourth-order valence-corrected chi connectivity index (χ4v) is 4.71. The summed E-state index contributed by atoms with van der Waals surface area (Å²) in [5.41, 5.74) is 7.63. The Morgan fingerprint density at radius 3 is 2.84 bits per heavy atom. The van der Waals surface area contributed by atoms with Crippen molar-refractivity contribution in [2.24, 2.45) is 5.73 Å². The minimum Gasteiger partial charge on any atom is -0.491 e. The van der Waals surface area contributed by atoms with Gasteiger partial charge in [0.25, 0.3) is 6.43 Å². The second kappa shape index (κ2) is 7.64. The number of rotatable bonds is 4. The molecule has 2 amide bonds. The van der Waals surface area contributed by atoms with E-state index in [0.29, 0.717) is 42.4 Å². The lowest BCUT2D eigenvalue weighted by Gasteiger charge is -2.25. The molecule has 2 fully saturated rings. The average Bonchev–Trinajstić information content (AvgIpc) is 3.43. The summed E-state index contributed by atoms with van der Waals surface area (Å²) < 4.78 is 39.6. The summed E-state index contributed by atoms with van der Waals surface area (Å²) >= 11 is 0. The van der Waals surface area contributed by atoms with Gasteiger partial charge in [-0.1, -0.05) is 0 Å². The molecule has 5 rings (SSSR count). The van der Waals surface area contributed by atoms with Crippen LogP contribution in [-0.4, -0.2) is 59.8 Å². The molecule has 11 heteroatoms. The molecule has 9 nitrogen and oxygen atoms in total. The van der Waals surface area contributed by atoms with Gasteiger partial charge in [0.15, 0.2) is 5.82 Å². The van der Waals surface area contributed by atoms with Gasteiger partial charge in [-0.25, -0.2) is 23.5 Å². The quantitative estimate of drug-likeness (QED) is 0.772. The first-order chi connectivity index (χ1) is 15.4. The van der Waals surface area contributed by atoms with Crippen molar-refractivity contribution in [1.82, 2.24) is 9.55 Å². The third-order valence-corrected chi connectivity index (χ3v) is 6.31. The van der Waals surface area contributed by atoms with Crippen LogP contribution >= 0.6 is 0 Å². The summed E-state index contributed by atoms with van der Waals surface area (Å²) in [6, 6.07) is 3.82. The highest BCUT2D eigenvalue weighted by Crippen LogP contribution is 2.40. The van der Waals surface area contributed by atoms with Crippen molar-refractivity contribution in [2.75, 3.05) is 29.6 Å². The van der Waals surface area contributed by atoms with Crippen LogP contribution < -0.4 is 20.3 Å². The van der Waals surface area contributed by atoms with Crippen molar-refractivity contribution in [3.05, 3.63) is 23.9 Å². The van der Waals surface area contributed by atoms with Gasteiger partial charge in [0, 0.05) is 18.3 Å². The smallest absolute Gasteiger partial charge is 0.416 e. The lowest BCUT2D eigenvalue weighted by molar-refractivity contribution is -0.119. The van der Waals surface area contributed by atoms with E-state index in [9.17, 15) is 18.4 Å². The minimum absolute atomic E-state index is 0.165. The fraction of sp³-hybridized carbons (Fsp3) is 0.476. The summed E-state index contributed by atoms with van der Waals surface area (Å²) in [6.07, 6.45) is -2.00. The highest BCUT2D eigenvalue weighted by atomic mass is 19.3. The van der Waals surface area contributed by atoms with Crippen LogP contribution in [-0.2, 0) is 16.1 Å². The number of carbonyl (C=O) groups excluding carboxylic acids is 2. The summed E-state index contributed by atoms with van der Waals surface area (Å²) in [6.45, 7) is 2.85. The molecule has 2 atom stereocenters. The van der Waals surface area contributed by atoms with E-state index < -0.39 is 18.6 Å². The Hall–Kier alpha value is -3.37. The number of imidazole rings is 1. The van der Waals surface area contributed by atoms with E-state index >= 15 is 0 Å². The van der Waals surface area contributed by atoms with Crippen molar-refractivity contribution in [2.45, 2.75) is 44.8 Å². The maximum absolute atomic E-state index is 13.5. The molecule has 0 radical (unpaired) electrons. The zero-order chi connectivity index (χ0) is 22.6. The second-order valence-electron chi connectivity index (χ2n) is 8.13. The number of hydrogen-bond acceptors (Lipinski definition) is 6. The van der Waals surface area contributed by atoms with Gasteiger partial charge in [0.05, 0.1) is 17.8 Å². The topological polar surface area (TPSA) is 103 Å². The first-order valence-electron chi connectivity index (χ1n) is 10.5. The van der Waals surface area contributed by atoms with Crippen LogP contribution in [0.3, 0.4) is 0 Å². The second-order valence-corrected chi connectivity index (χ2v) is 8.13. The van der Waals surface area contributed by atoms with Crippen molar-refractivity contribution >= 4 is 23.5 Å². The molecule has 0 saturated carbocycles. The Labute approximate surface area is 182 Å². The Morgan fingerprint density at radius 2 is 2.09 bits per heavy atom. The van der Waals surface area contributed by atoms with Gasteiger partial charge >= 0.3 is 6.09 Å². The molecule has 2 N–H and O–H groups in total. The minimum atomic E-state index is -2.75. The number of anilines is 2. The van der Waals surface area contributed by atoms with Crippen molar-refractivity contribution < 1.29 is 27.8 Å². The molecule has 32 heavy (non-hydrogen) atoms. The number of nitrogens with zero attached hydrogens (tertiary/aromatic N) is 4. The number of aromatic nitrogens is 2. The van der Waals surface area contributed by atoms with Gasteiger partial charge in [-0.05, 0) is 31.9 Å². The largest absolute Gasteiger partial charge is 0.491 e. The molecule has 0 bridgehead atoms. The number of nitrogens with two attached hydrogens (primary N) is 1. The van der Waals surface area contributed by atoms with Crippen LogP contribution in [0.15, 0.2) is 18.2 Å². The number of alkyl halides is 2. The molecular weight excluding hydrogens is 424 g/mol. The van der Waals surface area contributed by atoms with E-state index in [4.69, 9.17) is 15.2 Å². The lowest BCUT2D eigenvalue weighted by Crippen LogP contribution is -2.40. The number of halogens is 2. The fourth-order valence-electron chi connectivity index (χ4n) is 4.71. The normalized spacial score (nSPS) is 22.4. The Bertz CT molecular complexity index is 1090. The number of carbonyl (C=O) groups is 2. The van der Waals surface area contributed by atoms with Crippen LogP contribution in [0.4, 0.5) is 25.1 Å². The maximum atomic E-state index is 13.5. The van der Waals surface area contributed by atoms with Crippen molar-refractivity contribution in [1.29, 1.82) is 0 Å². The average molecular weight is 447 g/mol. The first-order valence-corrected chi connectivity index (χ1v) is 10.5. The van der Waals surface area contributed by atoms with Gasteiger partial charge in [0.1, 0.15) is 36.9 Å². The predicted molar refractivity (Wildman–Crippen MR) is 111 cm³/mol. The van der Waals surface area contributed by atoms with Crippen LogP contribution in [0, 0.1) is 6.92 Å². The highest BCUT2D eigenvalue weighted by Gasteiger charge is 2.43. The molecule has 3 aliphatic rings. The van der Waals surface area contributed by atoms with Gasteiger partial charge in [-0.3, -0.25) is 4.79 Å². The Morgan fingerprint density at radius 1 is 1.28 bits per heavy atom. The summed E-state index contributed by atoms with van der Waals surface area (Å²) in [7, 11) is 0. The van der Waals surface area contributed by atoms with Crippen LogP contribution in [0.2, 0.25) is 0 Å². The summed E-state index contributed by atoms with van der Waals surface area (Å²) in [5.74, 6) is 0.901. The van der Waals surface area contributed by atoms with E-state index in [2.05, 4.69) is 4.98 Å². The molecule has 1 aromatic heterocycles. The molecule has 4 heterocycles. The molecule has 1 aromatic carbocycles. The zero-order valence-electron chi connectivity index (χ0n) is 17.5. The molecule has 0 spiro atoms. The Kier molecular flexibility index (Phi) is 4.90. The SMILES string of the molecule is Cc1c(N2C(=O)OCC2C(F)F)nc2n1CCOc1cc(N3CCC[C@H]3C(N)=O)ccc1-2. The van der Waals surface area contributed by atoms with Crippen molar-refractivity contribution in [3.63, 3.8) is 0 Å². The molecule has 0 aliphatic carbocycles. The predicted octanol–water partition coefficient (Wildman–Crippen LogP) is 2.30. The van der Waals surface area contributed by atoms with Crippen LogP contribution in [0.25, 0.3) is 11.4 Å². The van der Waals surface area contributed by atoms with Gasteiger partial charge in [0.2, 0.25) is 5.91 Å². The van der Waals surface area contributed by atoms with E-state index in [1.165, 1.54) is 0 Å².